The summed E-state index contributed by atoms with van der Waals surface area (Å²) in [5.41, 5.74) is 7.73. The molecule has 0 unspecified atom stereocenters. The number of methoxy groups -OCH3 is 1. The van der Waals surface area contributed by atoms with Gasteiger partial charge in [-0.3, -0.25) is 0 Å². The molecule has 9 heteroatoms. The third-order valence-electron chi connectivity index (χ3n) is 6.12. The van der Waals surface area contributed by atoms with Crippen LogP contribution in [0.15, 0.2) is 48.5 Å². The second kappa shape index (κ2) is 8.51. The molecule has 0 fully saturated rings. The first kappa shape index (κ1) is 22.0. The molecule has 0 aromatic heterocycles. The van der Waals surface area contributed by atoms with Gasteiger partial charge in [-0.15, -0.1) is 0 Å². The van der Waals surface area contributed by atoms with Crippen molar-refractivity contribution in [3.8, 4) is 40.2 Å². The van der Waals surface area contributed by atoms with Crippen LogP contribution in [0.4, 0.5) is 0 Å². The number of aliphatic hydroxyl groups is 1. The summed E-state index contributed by atoms with van der Waals surface area (Å²) in [6.07, 6.45) is -2.55. The van der Waals surface area contributed by atoms with Crippen LogP contribution in [0.3, 0.4) is 0 Å². The molecule has 0 saturated carbocycles. The Labute approximate surface area is 195 Å². The van der Waals surface area contributed by atoms with E-state index in [1.54, 1.807) is 30.3 Å². The number of nitrogens with two attached hydrogens (primary N) is 1. The summed E-state index contributed by atoms with van der Waals surface area (Å²) in [4.78, 5) is 0. The Hall–Kier alpha value is -3.82. The van der Waals surface area contributed by atoms with Crippen LogP contribution in [0.25, 0.3) is 0 Å². The molecule has 0 amide bonds. The van der Waals surface area contributed by atoms with E-state index < -0.39 is 24.4 Å². The second-order valence-electron chi connectivity index (χ2n) is 8.32. The van der Waals surface area contributed by atoms with Gasteiger partial charge in [-0.05, 0) is 29.8 Å². The van der Waals surface area contributed by atoms with Gasteiger partial charge < -0.3 is 45.1 Å². The third kappa shape index (κ3) is 3.78. The molecular formula is C25H25NO8. The first-order valence-electron chi connectivity index (χ1n) is 10.8. The lowest BCUT2D eigenvalue weighted by atomic mass is 9.93. The van der Waals surface area contributed by atoms with E-state index in [4.69, 9.17) is 24.7 Å². The topological polar surface area (TPSA) is 144 Å². The summed E-state index contributed by atoms with van der Waals surface area (Å²) in [5, 5.41) is 40.6. The molecule has 0 radical (unpaired) electrons. The van der Waals surface area contributed by atoms with Crippen LogP contribution >= 0.6 is 0 Å². The highest BCUT2D eigenvalue weighted by Crippen LogP contribution is 2.45. The van der Waals surface area contributed by atoms with E-state index in [1.807, 2.05) is 0 Å². The van der Waals surface area contributed by atoms with Crippen molar-refractivity contribution in [2.24, 2.45) is 5.73 Å². The maximum atomic E-state index is 10.7. The lowest BCUT2D eigenvalue weighted by Gasteiger charge is -2.35. The van der Waals surface area contributed by atoms with Crippen LogP contribution in [-0.2, 0) is 6.42 Å². The van der Waals surface area contributed by atoms with Crippen molar-refractivity contribution in [3.63, 3.8) is 0 Å². The van der Waals surface area contributed by atoms with Gasteiger partial charge in [0, 0.05) is 36.2 Å². The van der Waals surface area contributed by atoms with E-state index in [0.717, 1.165) is 5.56 Å². The van der Waals surface area contributed by atoms with Crippen molar-refractivity contribution in [3.05, 3.63) is 65.2 Å². The quantitative estimate of drug-likeness (QED) is 0.391. The zero-order valence-electron chi connectivity index (χ0n) is 18.3. The van der Waals surface area contributed by atoms with E-state index in [1.165, 1.54) is 25.3 Å². The lowest BCUT2D eigenvalue weighted by Crippen LogP contribution is -2.39. The van der Waals surface area contributed by atoms with Gasteiger partial charge in [0.15, 0.2) is 35.2 Å². The molecule has 0 aliphatic carbocycles. The van der Waals surface area contributed by atoms with E-state index in [2.05, 4.69) is 0 Å². The normalized spacial score (nSPS) is 23.0. The van der Waals surface area contributed by atoms with Crippen molar-refractivity contribution in [2.75, 3.05) is 13.7 Å². The van der Waals surface area contributed by atoms with Gasteiger partial charge in [-0.1, -0.05) is 12.1 Å². The smallest absolute Gasteiger partial charge is 0.162 e. The summed E-state index contributed by atoms with van der Waals surface area (Å²) in [6.45, 7) is 0.198. The van der Waals surface area contributed by atoms with Crippen molar-refractivity contribution >= 4 is 0 Å². The van der Waals surface area contributed by atoms with Gasteiger partial charge in [-0.25, -0.2) is 0 Å². The van der Waals surface area contributed by atoms with Crippen LogP contribution in [0, 0.1) is 0 Å². The third-order valence-corrected chi connectivity index (χ3v) is 6.12. The Balaban J connectivity index is 1.46. The van der Waals surface area contributed by atoms with Crippen molar-refractivity contribution in [1.29, 1.82) is 0 Å². The second-order valence-corrected chi connectivity index (χ2v) is 8.32. The molecule has 9 nitrogen and oxygen atoms in total. The SMILES string of the molecule is COc1cc([C@H]2Oc3cc([C@H]4Oc5cc(O)cc(O)c5C[C@@H]4O)ccc3O[C@@H]2CN)ccc1O. The Bertz CT molecular complexity index is 1230. The molecule has 2 heterocycles. The van der Waals surface area contributed by atoms with Gasteiger partial charge in [0.25, 0.3) is 0 Å². The maximum Gasteiger partial charge on any atom is 0.162 e. The van der Waals surface area contributed by atoms with E-state index >= 15 is 0 Å². The number of fused-ring (bicyclic) bond motifs is 2. The Morgan fingerprint density at radius 1 is 0.853 bits per heavy atom. The minimum atomic E-state index is -0.931. The zero-order chi connectivity index (χ0) is 24.0. The van der Waals surface area contributed by atoms with Gasteiger partial charge in [0.2, 0.25) is 0 Å². The molecule has 34 heavy (non-hydrogen) atoms. The van der Waals surface area contributed by atoms with Gasteiger partial charge in [-0.2, -0.15) is 0 Å². The van der Waals surface area contributed by atoms with Crippen LogP contribution in [0.1, 0.15) is 28.9 Å². The largest absolute Gasteiger partial charge is 0.508 e. The van der Waals surface area contributed by atoms with Crippen LogP contribution < -0.4 is 24.7 Å². The highest BCUT2D eigenvalue weighted by atomic mass is 16.6. The van der Waals surface area contributed by atoms with Crippen LogP contribution in [-0.4, -0.2) is 46.3 Å². The standard InChI is InChI=1S/C25H25NO8/c1-31-21-6-13(2-4-16(21)28)25-23(11-26)32-19-5-3-12(7-22(19)34-25)24-18(30)10-15-17(29)8-14(27)9-20(15)33-24/h2-9,18,23-25,27-30H,10-11,26H2,1H3/t18-,23+,24+,25+/m0/s1. The van der Waals surface area contributed by atoms with Crippen molar-refractivity contribution in [1.82, 2.24) is 0 Å². The van der Waals surface area contributed by atoms with E-state index in [9.17, 15) is 20.4 Å². The molecule has 5 rings (SSSR count). The van der Waals surface area contributed by atoms with Gasteiger partial charge >= 0.3 is 0 Å². The predicted octanol–water partition coefficient (Wildman–Crippen LogP) is 2.69. The molecule has 0 saturated heterocycles. The molecule has 3 aromatic carbocycles. The number of rotatable bonds is 4. The highest BCUT2D eigenvalue weighted by Gasteiger charge is 2.36. The lowest BCUT2D eigenvalue weighted by molar-refractivity contribution is 0.0156. The monoisotopic (exact) mass is 467 g/mol. The van der Waals surface area contributed by atoms with E-state index in [0.29, 0.717) is 34.1 Å². The zero-order valence-corrected chi connectivity index (χ0v) is 18.3. The summed E-state index contributed by atoms with van der Waals surface area (Å²) in [5.74, 6) is 1.31. The molecule has 178 valence electrons. The molecular weight excluding hydrogens is 442 g/mol. The molecule has 6 N–H and O–H groups in total. The molecule has 0 spiro atoms. The number of hydrogen-bond donors (Lipinski definition) is 5. The number of phenols is 3. The number of aliphatic hydroxyl groups excluding tert-OH is 1. The number of phenolic OH excluding ortho intramolecular Hbond substituents is 3. The van der Waals surface area contributed by atoms with Crippen LogP contribution in [0.5, 0.6) is 40.2 Å². The summed E-state index contributed by atoms with van der Waals surface area (Å²) >= 11 is 0. The first-order valence-corrected chi connectivity index (χ1v) is 10.8. The fourth-order valence-corrected chi connectivity index (χ4v) is 4.40. The summed E-state index contributed by atoms with van der Waals surface area (Å²) in [7, 11) is 1.46. The average Bonchev–Trinajstić information content (AvgIpc) is 2.83. The Morgan fingerprint density at radius 2 is 1.59 bits per heavy atom. The van der Waals surface area contributed by atoms with Crippen molar-refractivity contribution in [2.45, 2.75) is 30.8 Å². The number of benzene rings is 3. The highest BCUT2D eigenvalue weighted by molar-refractivity contribution is 5.53. The Morgan fingerprint density at radius 3 is 2.35 bits per heavy atom. The maximum absolute atomic E-state index is 10.7. The minimum Gasteiger partial charge on any atom is -0.508 e. The summed E-state index contributed by atoms with van der Waals surface area (Å²) < 4.78 is 23.5. The molecule has 4 atom stereocenters. The fourth-order valence-electron chi connectivity index (χ4n) is 4.40. The molecule has 2 aliphatic rings. The molecule has 2 aliphatic heterocycles. The van der Waals surface area contributed by atoms with E-state index in [-0.39, 0.29) is 30.2 Å². The number of ether oxygens (including phenoxy) is 4. The number of hydrogen-bond acceptors (Lipinski definition) is 9. The first-order chi connectivity index (χ1) is 16.4. The van der Waals surface area contributed by atoms with Gasteiger partial charge in [0.1, 0.15) is 23.4 Å². The fraction of sp³-hybridized carbons (Fsp3) is 0.280. The molecule has 3 aromatic rings. The van der Waals surface area contributed by atoms with Gasteiger partial charge in [0.05, 0.1) is 13.2 Å². The van der Waals surface area contributed by atoms with Crippen molar-refractivity contribution < 1.29 is 39.4 Å². The Kier molecular flexibility index (Phi) is 5.51. The average molecular weight is 467 g/mol. The minimum absolute atomic E-state index is 0.00996. The summed E-state index contributed by atoms with van der Waals surface area (Å²) in [6, 6.07) is 12.8. The number of aromatic hydroxyl groups is 3. The molecule has 0 bridgehead atoms. The van der Waals surface area contributed by atoms with Crippen LogP contribution in [0.2, 0.25) is 0 Å². The predicted molar refractivity (Wildman–Crippen MR) is 121 cm³/mol.